The van der Waals surface area contributed by atoms with Crippen LogP contribution in [0.25, 0.3) is 0 Å². The predicted molar refractivity (Wildman–Crippen MR) is 80.1 cm³/mol. The van der Waals surface area contributed by atoms with Gasteiger partial charge in [0.05, 0.1) is 0 Å². The Kier molecular flexibility index (Phi) is 5.37. The van der Waals surface area contributed by atoms with Crippen LogP contribution in [0.4, 0.5) is 0 Å². The molecular formula is C11H19ClN4O4S. The fourth-order valence-electron chi connectivity index (χ4n) is 2.21. The van der Waals surface area contributed by atoms with Crippen LogP contribution in [0, 0.1) is 0 Å². The van der Waals surface area contributed by atoms with Crippen LogP contribution < -0.4 is 17.0 Å². The molecule has 0 amide bonds. The van der Waals surface area contributed by atoms with E-state index in [1.165, 1.54) is 18.4 Å². The Morgan fingerprint density at radius 1 is 1.19 bits per heavy atom. The maximum Gasteiger partial charge on any atom is 0.330 e. The highest BCUT2D eigenvalue weighted by Gasteiger charge is 2.31. The highest BCUT2D eigenvalue weighted by Crippen LogP contribution is 2.17. The van der Waals surface area contributed by atoms with Gasteiger partial charge in [0.1, 0.15) is 0 Å². The highest BCUT2D eigenvalue weighted by atomic mass is 35.5. The molecule has 0 unspecified atom stereocenters. The molecule has 1 fully saturated rings. The lowest BCUT2D eigenvalue weighted by atomic mass is 10.1. The van der Waals surface area contributed by atoms with E-state index in [1.54, 1.807) is 0 Å². The summed E-state index contributed by atoms with van der Waals surface area (Å²) in [6.07, 6.45) is 2.20. The number of aromatic nitrogens is 2. The second-order valence-corrected chi connectivity index (χ2v) is 6.90. The summed E-state index contributed by atoms with van der Waals surface area (Å²) in [7, 11) is -1.22. The van der Waals surface area contributed by atoms with Gasteiger partial charge < -0.3 is 10.3 Å². The molecule has 8 nitrogen and oxygen atoms in total. The summed E-state index contributed by atoms with van der Waals surface area (Å²) >= 11 is 0. The third kappa shape index (κ3) is 3.20. The minimum atomic E-state index is -3.89. The molecule has 0 aromatic carbocycles. The average molecular weight is 339 g/mol. The smallest absolute Gasteiger partial charge is 0.328 e. The van der Waals surface area contributed by atoms with E-state index in [1.807, 2.05) is 0 Å². The first-order valence-corrected chi connectivity index (χ1v) is 7.71. The number of aryl methyl sites for hydroxylation is 1. The number of nitrogens with zero attached hydrogens (tertiary/aromatic N) is 3. The molecule has 0 spiro atoms. The van der Waals surface area contributed by atoms with Crippen molar-refractivity contribution < 1.29 is 8.42 Å². The maximum atomic E-state index is 12.5. The van der Waals surface area contributed by atoms with Crippen LogP contribution in [0.5, 0.6) is 0 Å². The van der Waals surface area contributed by atoms with E-state index >= 15 is 0 Å². The van der Waals surface area contributed by atoms with Gasteiger partial charge in [0, 0.05) is 39.4 Å². The van der Waals surface area contributed by atoms with Crippen molar-refractivity contribution in [1.29, 1.82) is 0 Å². The van der Waals surface area contributed by atoms with Gasteiger partial charge in [-0.2, -0.15) is 4.31 Å². The molecule has 1 saturated heterocycles. The van der Waals surface area contributed by atoms with Gasteiger partial charge in [0.15, 0.2) is 4.90 Å². The highest BCUT2D eigenvalue weighted by molar-refractivity contribution is 7.89. The Balaban J connectivity index is 0.00000220. The molecule has 1 aromatic heterocycles. The molecule has 1 aliphatic heterocycles. The van der Waals surface area contributed by atoms with E-state index in [-0.39, 0.29) is 36.4 Å². The van der Waals surface area contributed by atoms with Crippen molar-refractivity contribution in [3.05, 3.63) is 27.0 Å². The average Bonchev–Trinajstić information content (AvgIpc) is 2.41. The fourth-order valence-corrected chi connectivity index (χ4v) is 3.83. The minimum Gasteiger partial charge on any atom is -0.328 e. The van der Waals surface area contributed by atoms with Crippen LogP contribution in [0.2, 0.25) is 0 Å². The third-order valence-electron chi connectivity index (χ3n) is 3.53. The van der Waals surface area contributed by atoms with Crippen molar-refractivity contribution in [2.75, 3.05) is 13.1 Å². The van der Waals surface area contributed by atoms with E-state index in [0.29, 0.717) is 12.8 Å². The summed E-state index contributed by atoms with van der Waals surface area (Å²) in [6, 6.07) is -0.00980. The van der Waals surface area contributed by atoms with E-state index in [9.17, 15) is 18.0 Å². The lowest BCUT2D eigenvalue weighted by molar-refractivity contribution is 0.319. The number of sulfonamides is 1. The number of halogens is 1. The topological polar surface area (TPSA) is 107 Å². The molecule has 120 valence electrons. The summed E-state index contributed by atoms with van der Waals surface area (Å²) in [5.74, 6) is 0. The first kappa shape index (κ1) is 17.9. The zero-order valence-electron chi connectivity index (χ0n) is 11.9. The van der Waals surface area contributed by atoms with Crippen LogP contribution in [0.3, 0.4) is 0 Å². The van der Waals surface area contributed by atoms with E-state index in [4.69, 9.17) is 5.73 Å². The molecule has 0 atom stereocenters. The summed E-state index contributed by atoms with van der Waals surface area (Å²) in [4.78, 5) is 23.2. The van der Waals surface area contributed by atoms with Crippen LogP contribution in [-0.2, 0) is 24.1 Å². The molecule has 10 heteroatoms. The molecule has 0 aliphatic carbocycles. The second kappa shape index (κ2) is 6.30. The van der Waals surface area contributed by atoms with Gasteiger partial charge in [-0.25, -0.2) is 13.2 Å². The molecule has 2 rings (SSSR count). The first-order valence-electron chi connectivity index (χ1n) is 6.27. The molecule has 0 radical (unpaired) electrons. The van der Waals surface area contributed by atoms with Crippen molar-refractivity contribution in [1.82, 2.24) is 13.4 Å². The zero-order valence-corrected chi connectivity index (χ0v) is 13.5. The fraction of sp³-hybridized carbons (Fsp3) is 0.636. The van der Waals surface area contributed by atoms with Crippen molar-refractivity contribution in [2.24, 2.45) is 19.8 Å². The maximum absolute atomic E-state index is 12.5. The molecule has 2 N–H and O–H groups in total. The van der Waals surface area contributed by atoms with Gasteiger partial charge >= 0.3 is 5.69 Å². The van der Waals surface area contributed by atoms with Gasteiger partial charge in [-0.15, -0.1) is 12.4 Å². The third-order valence-corrected chi connectivity index (χ3v) is 5.41. The monoisotopic (exact) mass is 338 g/mol. The molecule has 0 saturated carbocycles. The van der Waals surface area contributed by atoms with Crippen molar-refractivity contribution >= 4 is 22.4 Å². The van der Waals surface area contributed by atoms with Gasteiger partial charge in [-0.1, -0.05) is 0 Å². The van der Waals surface area contributed by atoms with E-state index < -0.39 is 21.3 Å². The quantitative estimate of drug-likeness (QED) is 0.715. The van der Waals surface area contributed by atoms with Gasteiger partial charge in [0.2, 0.25) is 10.0 Å². The normalized spacial score (nSPS) is 17.5. The minimum absolute atomic E-state index is 0. The number of hydrogen-bond acceptors (Lipinski definition) is 5. The van der Waals surface area contributed by atoms with Gasteiger partial charge in [-0.05, 0) is 12.8 Å². The Labute approximate surface area is 128 Å². The predicted octanol–water partition coefficient (Wildman–Crippen LogP) is -1.38. The Bertz CT molecular complexity index is 732. The van der Waals surface area contributed by atoms with Crippen LogP contribution in [0.15, 0.2) is 20.7 Å². The summed E-state index contributed by atoms with van der Waals surface area (Å²) in [5.41, 5.74) is 4.38. The molecular weight excluding hydrogens is 320 g/mol. The Hall–Kier alpha value is -1.16. The summed E-state index contributed by atoms with van der Waals surface area (Å²) < 4.78 is 28.1. The number of rotatable bonds is 2. The van der Waals surface area contributed by atoms with E-state index in [2.05, 4.69) is 0 Å². The molecule has 0 bridgehead atoms. The largest absolute Gasteiger partial charge is 0.330 e. The lowest BCUT2D eigenvalue weighted by Crippen LogP contribution is -2.46. The van der Waals surface area contributed by atoms with Crippen LogP contribution in [0.1, 0.15) is 12.8 Å². The number of nitrogens with two attached hydrogens (primary N) is 1. The second-order valence-electron chi connectivity index (χ2n) is 4.99. The van der Waals surface area contributed by atoms with E-state index in [0.717, 1.165) is 15.3 Å². The lowest BCUT2D eigenvalue weighted by Gasteiger charge is -2.29. The number of hydrogen-bond donors (Lipinski definition) is 1. The Morgan fingerprint density at radius 3 is 2.24 bits per heavy atom. The van der Waals surface area contributed by atoms with Gasteiger partial charge in [0.25, 0.3) is 5.56 Å². The van der Waals surface area contributed by atoms with Crippen molar-refractivity contribution in [2.45, 2.75) is 23.8 Å². The standard InChI is InChI=1S/C11H18N4O4S.ClH/c1-13-7-9(10(16)14(2)11(13)17)20(18,19)15-5-3-8(12)4-6-15;/h7-8H,3-6,12H2,1-2H3;1H. The van der Waals surface area contributed by atoms with Crippen LogP contribution in [-0.4, -0.2) is 41.0 Å². The van der Waals surface area contributed by atoms with Gasteiger partial charge in [-0.3, -0.25) is 9.36 Å². The van der Waals surface area contributed by atoms with Crippen molar-refractivity contribution in [3.63, 3.8) is 0 Å². The molecule has 2 heterocycles. The Morgan fingerprint density at radius 2 is 1.71 bits per heavy atom. The summed E-state index contributed by atoms with van der Waals surface area (Å²) in [5, 5.41) is 0. The first-order chi connectivity index (χ1) is 9.25. The molecule has 1 aromatic rings. The molecule has 21 heavy (non-hydrogen) atoms. The SMILES string of the molecule is Cl.Cn1cc(S(=O)(=O)N2CCC(N)CC2)c(=O)n(C)c1=O. The molecule has 1 aliphatic rings. The number of piperidine rings is 1. The summed E-state index contributed by atoms with van der Waals surface area (Å²) in [6.45, 7) is 0.574. The zero-order chi connectivity index (χ0) is 15.1. The van der Waals surface area contributed by atoms with Crippen molar-refractivity contribution in [3.8, 4) is 0 Å². The van der Waals surface area contributed by atoms with Crippen LogP contribution >= 0.6 is 12.4 Å².